The van der Waals surface area contributed by atoms with Crippen molar-refractivity contribution in [1.29, 1.82) is 0 Å². The molecule has 0 aliphatic carbocycles. The molecule has 0 aliphatic rings. The zero-order valence-electron chi connectivity index (χ0n) is 5.52. The van der Waals surface area contributed by atoms with E-state index in [1.54, 1.807) is 24.1 Å². The number of nitro groups is 1. The predicted octanol–water partition coefficient (Wildman–Crippen LogP) is 0.197. The van der Waals surface area contributed by atoms with Gasteiger partial charge in [0.2, 0.25) is 6.54 Å². The van der Waals surface area contributed by atoms with E-state index in [1.165, 1.54) is 0 Å². The minimum atomic E-state index is -0.400. The Hall–Kier alpha value is -1.39. The minimum absolute atomic E-state index is 0.194. The fourth-order valence-electron chi connectivity index (χ4n) is 0.681. The number of nitrogens with zero attached hydrogens (tertiary/aromatic N) is 3. The van der Waals surface area contributed by atoms with Gasteiger partial charge in [0.15, 0.2) is 0 Å². The quantitative estimate of drug-likeness (QED) is 0.436. The van der Waals surface area contributed by atoms with Crippen LogP contribution in [0.3, 0.4) is 0 Å². The molecule has 0 radical (unpaired) electrons. The molecule has 1 aromatic heterocycles. The summed E-state index contributed by atoms with van der Waals surface area (Å²) >= 11 is 0. The largest absolute Gasteiger partial charge is 0.340 e. The summed E-state index contributed by atoms with van der Waals surface area (Å²) in [7, 11) is 1.77. The van der Waals surface area contributed by atoms with Crippen molar-refractivity contribution in [3.63, 3.8) is 0 Å². The van der Waals surface area contributed by atoms with Gasteiger partial charge in [0, 0.05) is 18.2 Å². The summed E-state index contributed by atoms with van der Waals surface area (Å²) < 4.78 is 1.68. The van der Waals surface area contributed by atoms with Gasteiger partial charge in [-0.2, -0.15) is 0 Å². The molecule has 5 heteroatoms. The maximum absolute atomic E-state index is 9.93. The van der Waals surface area contributed by atoms with Gasteiger partial charge in [-0.05, 0) is 0 Å². The summed E-state index contributed by atoms with van der Waals surface area (Å²) in [4.78, 5) is 13.3. The van der Waals surface area contributed by atoms with Crippen molar-refractivity contribution in [3.8, 4) is 0 Å². The first-order chi connectivity index (χ1) is 4.68. The van der Waals surface area contributed by atoms with Crippen LogP contribution in [-0.4, -0.2) is 14.5 Å². The lowest BCUT2D eigenvalue weighted by molar-refractivity contribution is -0.497. The molecular weight excluding hydrogens is 134 g/mol. The zero-order valence-corrected chi connectivity index (χ0v) is 5.52. The molecule has 0 saturated heterocycles. The lowest BCUT2D eigenvalue weighted by Gasteiger charge is -1.84. The molecule has 0 spiro atoms. The first-order valence-electron chi connectivity index (χ1n) is 2.77. The SMILES string of the molecule is Cn1cnc(C[N+](=O)[O-])c1. The Morgan fingerprint density at radius 1 is 1.90 bits per heavy atom. The molecule has 0 unspecified atom stereocenters. The van der Waals surface area contributed by atoms with Gasteiger partial charge in [0.1, 0.15) is 5.69 Å². The van der Waals surface area contributed by atoms with Crippen LogP contribution in [0.2, 0.25) is 0 Å². The molecule has 0 amide bonds. The van der Waals surface area contributed by atoms with Crippen LogP contribution in [0.5, 0.6) is 0 Å². The van der Waals surface area contributed by atoms with E-state index in [0.29, 0.717) is 5.69 Å². The Morgan fingerprint density at radius 2 is 2.60 bits per heavy atom. The van der Waals surface area contributed by atoms with Gasteiger partial charge in [-0.25, -0.2) is 4.98 Å². The third-order valence-electron chi connectivity index (χ3n) is 1.05. The maximum atomic E-state index is 9.93. The molecule has 0 aromatic carbocycles. The second-order valence-corrected chi connectivity index (χ2v) is 2.02. The van der Waals surface area contributed by atoms with Crippen molar-refractivity contribution in [2.45, 2.75) is 6.54 Å². The molecule has 1 aromatic rings. The van der Waals surface area contributed by atoms with E-state index in [0.717, 1.165) is 0 Å². The lowest BCUT2D eigenvalue weighted by atomic mass is 10.5. The van der Waals surface area contributed by atoms with E-state index in [9.17, 15) is 10.1 Å². The van der Waals surface area contributed by atoms with Gasteiger partial charge in [0.25, 0.3) is 0 Å². The minimum Gasteiger partial charge on any atom is -0.340 e. The Morgan fingerprint density at radius 3 is 3.00 bits per heavy atom. The molecule has 54 valence electrons. The fourth-order valence-corrected chi connectivity index (χ4v) is 0.681. The van der Waals surface area contributed by atoms with E-state index in [4.69, 9.17) is 0 Å². The number of aryl methyl sites for hydroxylation is 1. The van der Waals surface area contributed by atoms with Crippen molar-refractivity contribution >= 4 is 0 Å². The van der Waals surface area contributed by atoms with Crippen molar-refractivity contribution in [2.24, 2.45) is 7.05 Å². The number of imidazole rings is 1. The van der Waals surface area contributed by atoms with Crippen molar-refractivity contribution in [1.82, 2.24) is 9.55 Å². The van der Waals surface area contributed by atoms with E-state index < -0.39 is 4.92 Å². The second-order valence-electron chi connectivity index (χ2n) is 2.02. The highest BCUT2D eigenvalue weighted by molar-refractivity contribution is 4.93. The van der Waals surface area contributed by atoms with Gasteiger partial charge < -0.3 is 4.57 Å². The summed E-state index contributed by atoms with van der Waals surface area (Å²) in [5.74, 6) is 0. The van der Waals surface area contributed by atoms with E-state index >= 15 is 0 Å². The second kappa shape index (κ2) is 2.47. The summed E-state index contributed by atoms with van der Waals surface area (Å²) in [6.07, 6.45) is 3.17. The van der Waals surface area contributed by atoms with Crippen LogP contribution in [0.25, 0.3) is 0 Å². The molecule has 0 saturated carbocycles. The van der Waals surface area contributed by atoms with Crippen LogP contribution in [0, 0.1) is 10.1 Å². The van der Waals surface area contributed by atoms with Gasteiger partial charge in [-0.3, -0.25) is 10.1 Å². The summed E-state index contributed by atoms with van der Waals surface area (Å²) in [6, 6.07) is 0. The average Bonchev–Trinajstić information content (AvgIpc) is 2.13. The van der Waals surface area contributed by atoms with Crippen LogP contribution in [-0.2, 0) is 13.6 Å². The van der Waals surface area contributed by atoms with Crippen LogP contribution in [0.4, 0.5) is 0 Å². The molecule has 0 N–H and O–H groups in total. The number of aromatic nitrogens is 2. The zero-order chi connectivity index (χ0) is 7.56. The van der Waals surface area contributed by atoms with Gasteiger partial charge in [-0.1, -0.05) is 0 Å². The smallest absolute Gasteiger partial charge is 0.247 e. The molecule has 10 heavy (non-hydrogen) atoms. The first-order valence-corrected chi connectivity index (χ1v) is 2.77. The highest BCUT2D eigenvalue weighted by atomic mass is 16.6. The van der Waals surface area contributed by atoms with Crippen molar-refractivity contribution in [2.75, 3.05) is 0 Å². The van der Waals surface area contributed by atoms with Gasteiger partial charge in [0.05, 0.1) is 6.33 Å². The number of rotatable bonds is 2. The standard InChI is InChI=1S/C5H7N3O2/c1-7-2-5(6-4-7)3-8(9)10/h2,4H,3H2,1H3. The van der Waals surface area contributed by atoms with E-state index in [1.807, 2.05) is 0 Å². The molecule has 1 heterocycles. The summed E-state index contributed by atoms with van der Waals surface area (Å²) in [6.45, 7) is -0.194. The topological polar surface area (TPSA) is 61.0 Å². The molecule has 0 atom stereocenters. The molecule has 0 fully saturated rings. The van der Waals surface area contributed by atoms with Crippen molar-refractivity contribution in [3.05, 3.63) is 28.3 Å². The van der Waals surface area contributed by atoms with Crippen LogP contribution >= 0.6 is 0 Å². The number of hydrogen-bond donors (Lipinski definition) is 0. The third kappa shape index (κ3) is 1.54. The third-order valence-corrected chi connectivity index (χ3v) is 1.05. The Labute approximate surface area is 57.5 Å². The number of hydrogen-bond acceptors (Lipinski definition) is 3. The Kier molecular flexibility index (Phi) is 1.66. The average molecular weight is 141 g/mol. The lowest BCUT2D eigenvalue weighted by Crippen LogP contribution is -1.97. The predicted molar refractivity (Wildman–Crippen MR) is 33.9 cm³/mol. The molecule has 0 aliphatic heterocycles. The highest BCUT2D eigenvalue weighted by Gasteiger charge is 2.02. The van der Waals surface area contributed by atoms with E-state index in [2.05, 4.69) is 4.98 Å². The normalized spacial score (nSPS) is 9.70. The Balaban J connectivity index is 2.67. The molecule has 0 bridgehead atoms. The summed E-state index contributed by atoms with van der Waals surface area (Å²) in [5.41, 5.74) is 0.493. The monoisotopic (exact) mass is 141 g/mol. The summed E-state index contributed by atoms with van der Waals surface area (Å²) in [5, 5.41) is 9.93. The Bertz CT molecular complexity index is 243. The molecule has 1 rings (SSSR count). The first kappa shape index (κ1) is 6.73. The molecular formula is C5H7N3O2. The van der Waals surface area contributed by atoms with Crippen molar-refractivity contribution < 1.29 is 4.92 Å². The van der Waals surface area contributed by atoms with E-state index in [-0.39, 0.29) is 6.54 Å². The van der Waals surface area contributed by atoms with Crippen LogP contribution in [0.1, 0.15) is 5.69 Å². The van der Waals surface area contributed by atoms with Gasteiger partial charge >= 0.3 is 0 Å². The highest BCUT2D eigenvalue weighted by Crippen LogP contribution is 1.94. The fraction of sp³-hybridized carbons (Fsp3) is 0.400. The molecule has 5 nitrogen and oxygen atoms in total. The van der Waals surface area contributed by atoms with Crippen LogP contribution < -0.4 is 0 Å². The van der Waals surface area contributed by atoms with Crippen LogP contribution in [0.15, 0.2) is 12.5 Å². The maximum Gasteiger partial charge on any atom is 0.247 e. The van der Waals surface area contributed by atoms with Gasteiger partial charge in [-0.15, -0.1) is 0 Å².